The number of nitrogens with one attached hydrogen (secondary N) is 2. The zero-order valence-corrected chi connectivity index (χ0v) is 24.0. The highest BCUT2D eigenvalue weighted by molar-refractivity contribution is 7.99. The van der Waals surface area contributed by atoms with Gasteiger partial charge in [-0.25, -0.2) is 9.59 Å². The molecule has 0 aromatic rings. The number of allylic oxidation sites excluding steroid dienone is 5. The van der Waals surface area contributed by atoms with Crippen molar-refractivity contribution in [3.8, 4) is 0 Å². The second-order valence-corrected chi connectivity index (χ2v) is 11.3. The molecule has 0 saturated carbocycles. The summed E-state index contributed by atoms with van der Waals surface area (Å²) >= 11 is 1.39. The van der Waals surface area contributed by atoms with Crippen molar-refractivity contribution in [3.63, 3.8) is 0 Å². The summed E-state index contributed by atoms with van der Waals surface area (Å²) in [6.45, 7) is 14.8. The van der Waals surface area contributed by atoms with Crippen LogP contribution in [-0.4, -0.2) is 63.5 Å². The van der Waals surface area contributed by atoms with Crippen molar-refractivity contribution >= 4 is 29.7 Å². The van der Waals surface area contributed by atoms with Crippen LogP contribution < -0.4 is 10.6 Å². The molecule has 0 bridgehead atoms. The number of carbonyl (C=O) groups excluding carboxylic acids is 2. The van der Waals surface area contributed by atoms with E-state index in [1.807, 2.05) is 0 Å². The van der Waals surface area contributed by atoms with E-state index in [0.717, 1.165) is 25.7 Å². The first-order valence-electron chi connectivity index (χ1n) is 12.4. The van der Waals surface area contributed by atoms with Gasteiger partial charge in [0.15, 0.2) is 0 Å². The van der Waals surface area contributed by atoms with Crippen LogP contribution in [0.4, 0.5) is 4.79 Å². The van der Waals surface area contributed by atoms with E-state index in [9.17, 15) is 24.6 Å². The van der Waals surface area contributed by atoms with Gasteiger partial charge in [0.2, 0.25) is 5.91 Å². The predicted molar refractivity (Wildman–Crippen MR) is 147 cm³/mol. The maximum atomic E-state index is 12.6. The Balaban J connectivity index is 4.69. The SMILES string of the molecule is CC(C)=CCC/C(C)=C/CC/C(C)=C/CSC[C@H](NC(=O)[C@@H](NC(=O)OC(C)(C)C)C(C)O)C(=O)O. The van der Waals surface area contributed by atoms with E-state index in [4.69, 9.17) is 4.74 Å². The fourth-order valence-electron chi connectivity index (χ4n) is 3.00. The van der Waals surface area contributed by atoms with Crippen LogP contribution in [0, 0.1) is 0 Å². The number of carboxylic acids is 1. The summed E-state index contributed by atoms with van der Waals surface area (Å²) < 4.78 is 5.12. The van der Waals surface area contributed by atoms with Crippen molar-refractivity contribution in [2.24, 2.45) is 0 Å². The maximum absolute atomic E-state index is 12.6. The zero-order valence-electron chi connectivity index (χ0n) is 23.1. The van der Waals surface area contributed by atoms with Crippen molar-refractivity contribution in [2.45, 2.75) is 105 Å². The molecule has 0 saturated heterocycles. The summed E-state index contributed by atoms with van der Waals surface area (Å²) in [5, 5.41) is 24.2. The molecule has 0 aromatic heterocycles. The molecule has 1 unspecified atom stereocenters. The largest absolute Gasteiger partial charge is 0.480 e. The Morgan fingerprint density at radius 1 is 0.944 bits per heavy atom. The molecule has 0 spiro atoms. The van der Waals surface area contributed by atoms with Crippen LogP contribution in [0.1, 0.15) is 81.1 Å². The molecule has 0 aromatic carbocycles. The molecule has 0 aliphatic carbocycles. The van der Waals surface area contributed by atoms with E-state index >= 15 is 0 Å². The minimum absolute atomic E-state index is 0.146. The normalized spacial score (nSPS) is 14.9. The summed E-state index contributed by atoms with van der Waals surface area (Å²) in [6.07, 6.45) is 8.50. The quantitative estimate of drug-likeness (QED) is 0.175. The highest BCUT2D eigenvalue weighted by Crippen LogP contribution is 2.13. The van der Waals surface area contributed by atoms with Gasteiger partial charge in [0.1, 0.15) is 17.7 Å². The average molecular weight is 527 g/mol. The molecule has 36 heavy (non-hydrogen) atoms. The molecular formula is C27H46N2O6S. The predicted octanol–water partition coefficient (Wildman–Crippen LogP) is 4.98. The molecule has 0 heterocycles. The van der Waals surface area contributed by atoms with Crippen molar-refractivity contribution in [2.75, 3.05) is 11.5 Å². The highest BCUT2D eigenvalue weighted by atomic mass is 32.2. The first-order valence-corrected chi connectivity index (χ1v) is 13.5. The maximum Gasteiger partial charge on any atom is 0.408 e. The summed E-state index contributed by atoms with van der Waals surface area (Å²) in [7, 11) is 0. The molecule has 0 aliphatic rings. The lowest BCUT2D eigenvalue weighted by Gasteiger charge is -2.25. The van der Waals surface area contributed by atoms with Crippen LogP contribution in [0.25, 0.3) is 0 Å². The minimum Gasteiger partial charge on any atom is -0.480 e. The van der Waals surface area contributed by atoms with Crippen LogP contribution >= 0.6 is 11.8 Å². The number of carboxylic acid groups (broad SMARTS) is 1. The van der Waals surface area contributed by atoms with Gasteiger partial charge in [-0.1, -0.05) is 34.9 Å². The fourth-order valence-corrected chi connectivity index (χ4v) is 4.00. The fraction of sp³-hybridized carbons (Fsp3) is 0.667. The lowest BCUT2D eigenvalue weighted by Crippen LogP contribution is -2.56. The van der Waals surface area contributed by atoms with E-state index in [1.165, 1.54) is 35.4 Å². The number of alkyl carbamates (subject to hydrolysis) is 1. The summed E-state index contributed by atoms with van der Waals surface area (Å²) in [5.41, 5.74) is 3.16. The number of aliphatic hydroxyl groups excluding tert-OH is 1. The first kappa shape index (κ1) is 33.7. The van der Waals surface area contributed by atoms with Crippen LogP contribution in [0.15, 0.2) is 34.9 Å². The van der Waals surface area contributed by atoms with Gasteiger partial charge in [0, 0.05) is 11.5 Å². The van der Waals surface area contributed by atoms with Gasteiger partial charge in [0.05, 0.1) is 6.10 Å². The van der Waals surface area contributed by atoms with Crippen molar-refractivity contribution < 1.29 is 29.3 Å². The Hall–Kier alpha value is -2.26. The molecule has 8 nitrogen and oxygen atoms in total. The smallest absolute Gasteiger partial charge is 0.408 e. The minimum atomic E-state index is -1.34. The Morgan fingerprint density at radius 3 is 2.00 bits per heavy atom. The standard InChI is InChI=1S/C27H46N2O6S/c1-18(2)11-9-12-19(3)13-10-14-20(4)15-16-36-17-22(25(32)33)28-24(31)23(21(5)30)29-26(34)35-27(6,7)8/h11,13,15,21-23,30H,9-10,12,14,16-17H2,1-8H3,(H,28,31)(H,29,34)(H,32,33)/b19-13+,20-15+/t21?,22-,23-/m0/s1. The Bertz CT molecular complexity index is 808. The number of aliphatic hydroxyl groups is 1. The van der Waals surface area contributed by atoms with Crippen LogP contribution in [0.3, 0.4) is 0 Å². The second-order valence-electron chi connectivity index (χ2n) is 10.3. The molecule has 206 valence electrons. The number of rotatable bonds is 15. The Morgan fingerprint density at radius 2 is 1.50 bits per heavy atom. The Labute approximate surface area is 221 Å². The molecule has 0 fully saturated rings. The van der Waals surface area contributed by atoms with Crippen LogP contribution in [0.5, 0.6) is 0 Å². The van der Waals surface area contributed by atoms with Crippen LogP contribution in [0.2, 0.25) is 0 Å². The Kier molecular flexibility index (Phi) is 16.2. The number of hydrogen-bond acceptors (Lipinski definition) is 6. The van der Waals surface area contributed by atoms with Gasteiger partial charge in [-0.2, -0.15) is 11.8 Å². The number of carbonyl (C=O) groups is 3. The third kappa shape index (κ3) is 17.2. The lowest BCUT2D eigenvalue weighted by atomic mass is 10.1. The van der Waals surface area contributed by atoms with Gasteiger partial charge < -0.3 is 25.6 Å². The third-order valence-corrected chi connectivity index (χ3v) is 5.98. The number of amides is 2. The topological polar surface area (TPSA) is 125 Å². The molecular weight excluding hydrogens is 480 g/mol. The third-order valence-electron chi connectivity index (χ3n) is 5.01. The number of hydrogen-bond donors (Lipinski definition) is 4. The summed E-state index contributed by atoms with van der Waals surface area (Å²) in [5.74, 6) is -1.22. The van der Waals surface area contributed by atoms with Crippen molar-refractivity contribution in [3.05, 3.63) is 34.9 Å². The van der Waals surface area contributed by atoms with Gasteiger partial charge >= 0.3 is 12.1 Å². The molecule has 0 radical (unpaired) electrons. The van der Waals surface area contributed by atoms with Crippen LogP contribution in [-0.2, 0) is 14.3 Å². The first-order chi connectivity index (χ1) is 16.6. The number of thioether (sulfide) groups is 1. The molecule has 3 atom stereocenters. The van der Waals surface area contributed by atoms with Crippen molar-refractivity contribution in [1.82, 2.24) is 10.6 Å². The second kappa shape index (κ2) is 17.2. The van der Waals surface area contributed by atoms with Crippen molar-refractivity contribution in [1.29, 1.82) is 0 Å². The van der Waals surface area contributed by atoms with E-state index in [1.54, 1.807) is 20.8 Å². The monoisotopic (exact) mass is 526 g/mol. The van der Waals surface area contributed by atoms with E-state index in [-0.39, 0.29) is 5.75 Å². The van der Waals surface area contributed by atoms with E-state index < -0.39 is 41.8 Å². The van der Waals surface area contributed by atoms with Gasteiger partial charge in [-0.05, 0) is 81.1 Å². The number of ether oxygens (including phenoxy) is 1. The van der Waals surface area contributed by atoms with Gasteiger partial charge in [-0.3, -0.25) is 4.79 Å². The average Bonchev–Trinajstić information content (AvgIpc) is 2.72. The molecule has 0 aliphatic heterocycles. The molecule has 9 heteroatoms. The molecule has 2 amide bonds. The number of aliphatic carboxylic acids is 1. The highest BCUT2D eigenvalue weighted by Gasteiger charge is 2.31. The lowest BCUT2D eigenvalue weighted by molar-refractivity contribution is -0.141. The molecule has 4 N–H and O–H groups in total. The van der Waals surface area contributed by atoms with E-state index in [0.29, 0.717) is 5.75 Å². The zero-order chi connectivity index (χ0) is 27.9. The molecule has 0 rings (SSSR count). The van der Waals surface area contributed by atoms with Gasteiger partial charge in [0.25, 0.3) is 0 Å². The summed E-state index contributed by atoms with van der Waals surface area (Å²) in [4.78, 5) is 36.2. The summed E-state index contributed by atoms with van der Waals surface area (Å²) in [6, 6.07) is -2.50. The van der Waals surface area contributed by atoms with E-state index in [2.05, 4.69) is 56.6 Å². The van der Waals surface area contributed by atoms with Gasteiger partial charge in [-0.15, -0.1) is 0 Å².